The zero-order chi connectivity index (χ0) is 18.6. The van der Waals surface area contributed by atoms with Crippen molar-refractivity contribution in [1.82, 2.24) is 4.90 Å². The number of ether oxygens (including phenoxy) is 2. The number of aliphatic hydroxyl groups is 2. The van der Waals surface area contributed by atoms with Gasteiger partial charge in [-0.2, -0.15) is 0 Å². The van der Waals surface area contributed by atoms with E-state index in [2.05, 4.69) is 17.0 Å². The number of halogens is 1. The van der Waals surface area contributed by atoms with Crippen LogP contribution < -0.4 is 9.47 Å². The van der Waals surface area contributed by atoms with Crippen molar-refractivity contribution < 1.29 is 19.7 Å². The van der Waals surface area contributed by atoms with Crippen LogP contribution in [0.1, 0.15) is 17.0 Å². The summed E-state index contributed by atoms with van der Waals surface area (Å²) in [5, 5.41) is 21.5. The molecule has 0 radical (unpaired) electrons. The number of hydrogen-bond donors (Lipinski definition) is 2. The Kier molecular flexibility index (Phi) is 4.09. The van der Waals surface area contributed by atoms with Gasteiger partial charge in [0, 0.05) is 42.7 Å². The molecule has 4 atom stereocenters. The van der Waals surface area contributed by atoms with Crippen molar-refractivity contribution in [1.29, 1.82) is 0 Å². The lowest BCUT2D eigenvalue weighted by atomic mass is 9.95. The van der Waals surface area contributed by atoms with Gasteiger partial charge in [0.2, 0.25) is 6.79 Å². The van der Waals surface area contributed by atoms with Crippen LogP contribution in [-0.2, 0) is 6.54 Å². The van der Waals surface area contributed by atoms with E-state index in [4.69, 9.17) is 21.1 Å². The SMILES string of the molecule is OC[C@@H]1[C@@H](c2ccccc2)[C@]12CN(Cc1cc3c(cc1Cl)OCO3)C[C@@H]2O. The van der Waals surface area contributed by atoms with Gasteiger partial charge in [-0.25, -0.2) is 0 Å². The number of likely N-dealkylation sites (tertiary alicyclic amines) is 1. The summed E-state index contributed by atoms with van der Waals surface area (Å²) in [6, 6.07) is 13.9. The molecule has 2 fully saturated rings. The Morgan fingerprint density at radius 3 is 2.63 bits per heavy atom. The molecule has 0 unspecified atom stereocenters. The third-order valence-electron chi connectivity index (χ3n) is 6.40. The summed E-state index contributed by atoms with van der Waals surface area (Å²) in [7, 11) is 0. The lowest BCUT2D eigenvalue weighted by molar-refractivity contribution is 0.111. The smallest absolute Gasteiger partial charge is 0.231 e. The van der Waals surface area contributed by atoms with Crippen LogP contribution in [0.3, 0.4) is 0 Å². The second-order valence-electron chi connectivity index (χ2n) is 7.77. The molecule has 0 amide bonds. The van der Waals surface area contributed by atoms with E-state index in [9.17, 15) is 10.2 Å². The normalized spacial score (nSPS) is 31.6. The number of benzene rings is 2. The second kappa shape index (κ2) is 6.38. The minimum Gasteiger partial charge on any atom is -0.454 e. The lowest BCUT2D eigenvalue weighted by Crippen LogP contribution is -2.23. The standard InChI is InChI=1S/C21H22ClNO4/c22-16-7-18-17(26-12-27-18)6-14(16)8-23-9-19(25)21(11-23)15(10-24)20(21)13-4-2-1-3-5-13/h1-7,15,19-20,24-25H,8-12H2/t15-,19+,20-,21-/m1/s1. The number of rotatable bonds is 4. The summed E-state index contributed by atoms with van der Waals surface area (Å²) >= 11 is 6.43. The zero-order valence-electron chi connectivity index (χ0n) is 14.8. The molecule has 2 aliphatic heterocycles. The molecule has 6 heteroatoms. The van der Waals surface area contributed by atoms with E-state index >= 15 is 0 Å². The summed E-state index contributed by atoms with van der Waals surface area (Å²) in [6.07, 6.45) is -0.465. The highest BCUT2D eigenvalue weighted by atomic mass is 35.5. The molecule has 1 aliphatic carbocycles. The van der Waals surface area contributed by atoms with Crippen molar-refractivity contribution in [3.63, 3.8) is 0 Å². The predicted octanol–water partition coefficient (Wildman–Crippen LogP) is 2.64. The minimum atomic E-state index is -0.465. The van der Waals surface area contributed by atoms with E-state index < -0.39 is 6.10 Å². The molecule has 0 aromatic heterocycles. The quantitative estimate of drug-likeness (QED) is 0.844. The first-order valence-corrected chi connectivity index (χ1v) is 9.65. The van der Waals surface area contributed by atoms with Crippen LogP contribution in [0.25, 0.3) is 0 Å². The van der Waals surface area contributed by atoms with Crippen LogP contribution in [-0.4, -0.2) is 47.7 Å². The molecule has 0 bridgehead atoms. The summed E-state index contributed by atoms with van der Waals surface area (Å²) in [6.45, 7) is 2.26. The molecule has 2 aromatic carbocycles. The van der Waals surface area contributed by atoms with Crippen molar-refractivity contribution >= 4 is 11.6 Å². The van der Waals surface area contributed by atoms with Gasteiger partial charge in [-0.3, -0.25) is 4.90 Å². The van der Waals surface area contributed by atoms with Crippen LogP contribution >= 0.6 is 11.6 Å². The third kappa shape index (κ3) is 2.64. The average Bonchev–Trinajstić information content (AvgIpc) is 2.90. The van der Waals surface area contributed by atoms with Gasteiger partial charge in [0.1, 0.15) is 0 Å². The van der Waals surface area contributed by atoms with Crippen LogP contribution in [0, 0.1) is 11.3 Å². The molecule has 1 spiro atoms. The van der Waals surface area contributed by atoms with Crippen molar-refractivity contribution in [2.45, 2.75) is 18.6 Å². The van der Waals surface area contributed by atoms with E-state index in [1.165, 1.54) is 5.56 Å². The van der Waals surface area contributed by atoms with Crippen LogP contribution in [0.4, 0.5) is 0 Å². The predicted molar refractivity (Wildman–Crippen MR) is 101 cm³/mol. The first-order chi connectivity index (χ1) is 13.1. The van der Waals surface area contributed by atoms with Crippen molar-refractivity contribution in [2.24, 2.45) is 11.3 Å². The maximum atomic E-state index is 10.9. The number of hydrogen-bond acceptors (Lipinski definition) is 5. The largest absolute Gasteiger partial charge is 0.454 e. The molecule has 2 N–H and O–H groups in total. The van der Waals surface area contributed by atoms with E-state index in [-0.39, 0.29) is 30.7 Å². The first-order valence-electron chi connectivity index (χ1n) is 9.27. The highest BCUT2D eigenvalue weighted by Crippen LogP contribution is 2.68. The van der Waals surface area contributed by atoms with Crippen LogP contribution in [0.5, 0.6) is 11.5 Å². The molecule has 1 saturated carbocycles. The molecule has 5 rings (SSSR count). The van der Waals surface area contributed by atoms with Gasteiger partial charge in [0.05, 0.1) is 6.10 Å². The molecule has 3 aliphatic rings. The Labute approximate surface area is 163 Å². The van der Waals surface area contributed by atoms with E-state index in [0.29, 0.717) is 29.6 Å². The Morgan fingerprint density at radius 2 is 1.89 bits per heavy atom. The zero-order valence-corrected chi connectivity index (χ0v) is 15.6. The van der Waals surface area contributed by atoms with Crippen LogP contribution in [0.2, 0.25) is 5.02 Å². The van der Waals surface area contributed by atoms with Crippen LogP contribution in [0.15, 0.2) is 42.5 Å². The van der Waals surface area contributed by atoms with Gasteiger partial charge in [-0.15, -0.1) is 0 Å². The molecule has 5 nitrogen and oxygen atoms in total. The monoisotopic (exact) mass is 387 g/mol. The lowest BCUT2D eigenvalue weighted by Gasteiger charge is -2.17. The molecule has 1 saturated heterocycles. The fraction of sp³-hybridized carbons (Fsp3) is 0.429. The van der Waals surface area contributed by atoms with Crippen molar-refractivity contribution in [3.8, 4) is 11.5 Å². The maximum absolute atomic E-state index is 10.9. The Bertz CT molecular complexity index is 861. The number of nitrogens with zero attached hydrogens (tertiary/aromatic N) is 1. The Morgan fingerprint density at radius 1 is 1.15 bits per heavy atom. The first kappa shape index (κ1) is 17.3. The fourth-order valence-corrected chi connectivity index (χ4v) is 5.32. The van der Waals surface area contributed by atoms with Gasteiger partial charge in [-0.1, -0.05) is 41.9 Å². The van der Waals surface area contributed by atoms with Gasteiger partial charge in [0.15, 0.2) is 11.5 Å². The molecular weight excluding hydrogens is 366 g/mol. The average molecular weight is 388 g/mol. The van der Waals surface area contributed by atoms with Gasteiger partial charge < -0.3 is 19.7 Å². The summed E-state index contributed by atoms with van der Waals surface area (Å²) in [5.41, 5.74) is 1.88. The van der Waals surface area contributed by atoms with E-state index in [1.807, 2.05) is 24.3 Å². The summed E-state index contributed by atoms with van der Waals surface area (Å²) < 4.78 is 10.8. The minimum absolute atomic E-state index is 0.0899. The third-order valence-corrected chi connectivity index (χ3v) is 6.75. The van der Waals surface area contributed by atoms with Crippen molar-refractivity contribution in [2.75, 3.05) is 26.5 Å². The van der Waals surface area contributed by atoms with E-state index in [0.717, 1.165) is 12.1 Å². The second-order valence-corrected chi connectivity index (χ2v) is 8.18. The number of aliphatic hydroxyl groups excluding tert-OH is 2. The highest BCUT2D eigenvalue weighted by Gasteiger charge is 2.70. The molecular formula is C21H22ClNO4. The van der Waals surface area contributed by atoms with Gasteiger partial charge >= 0.3 is 0 Å². The molecule has 142 valence electrons. The van der Waals surface area contributed by atoms with Gasteiger partial charge in [0.25, 0.3) is 0 Å². The fourth-order valence-electron chi connectivity index (χ4n) is 5.10. The molecule has 2 heterocycles. The summed E-state index contributed by atoms with van der Waals surface area (Å²) in [5.74, 6) is 1.67. The van der Waals surface area contributed by atoms with Crippen molar-refractivity contribution in [3.05, 3.63) is 58.6 Å². The molecule has 27 heavy (non-hydrogen) atoms. The Balaban J connectivity index is 1.37. The number of β-amino-alcohol motifs (C(OH)–C–C–N with tert-alkyl or cyclic N) is 1. The molecule has 2 aromatic rings. The van der Waals surface area contributed by atoms with Gasteiger partial charge in [-0.05, 0) is 29.0 Å². The maximum Gasteiger partial charge on any atom is 0.231 e. The summed E-state index contributed by atoms with van der Waals surface area (Å²) in [4.78, 5) is 2.22. The van der Waals surface area contributed by atoms with E-state index in [1.54, 1.807) is 6.07 Å². The Hall–Kier alpha value is -1.79. The topological polar surface area (TPSA) is 62.2 Å². The number of fused-ring (bicyclic) bond motifs is 1. The highest BCUT2D eigenvalue weighted by molar-refractivity contribution is 6.31.